The number of aliphatic imine (C=N–C) groups is 1. The first-order valence-corrected chi connectivity index (χ1v) is 7.42. The van der Waals surface area contributed by atoms with E-state index in [4.69, 9.17) is 5.26 Å². The van der Waals surface area contributed by atoms with E-state index in [0.717, 1.165) is 19.5 Å². The molecule has 0 aliphatic heterocycles. The van der Waals surface area contributed by atoms with Crippen LogP contribution in [0.15, 0.2) is 23.2 Å². The van der Waals surface area contributed by atoms with E-state index in [-0.39, 0.29) is 36.3 Å². The Kier molecular flexibility index (Phi) is 11.5. The first-order valence-electron chi connectivity index (χ1n) is 7.42. The number of rotatable bonds is 7. The second kappa shape index (κ2) is 12.2. The van der Waals surface area contributed by atoms with Gasteiger partial charge in [0.1, 0.15) is 5.82 Å². The second-order valence-electron chi connectivity index (χ2n) is 4.75. The summed E-state index contributed by atoms with van der Waals surface area (Å²) < 4.78 is 13.7. The quantitative estimate of drug-likeness (QED) is 0.308. The maximum absolute atomic E-state index is 13.7. The van der Waals surface area contributed by atoms with Gasteiger partial charge >= 0.3 is 0 Å². The number of guanidine groups is 1. The van der Waals surface area contributed by atoms with E-state index in [1.807, 2.05) is 13.0 Å². The molecule has 6 heteroatoms. The van der Waals surface area contributed by atoms with Crippen LogP contribution < -0.4 is 10.6 Å². The zero-order chi connectivity index (χ0) is 15.5. The van der Waals surface area contributed by atoms with Crippen LogP contribution in [0.4, 0.5) is 4.39 Å². The number of unbranched alkanes of at least 4 members (excludes halogenated alkanes) is 2. The third kappa shape index (κ3) is 7.59. The monoisotopic (exact) mass is 418 g/mol. The van der Waals surface area contributed by atoms with Crippen molar-refractivity contribution in [2.24, 2.45) is 4.99 Å². The Labute approximate surface area is 149 Å². The lowest BCUT2D eigenvalue weighted by Crippen LogP contribution is -2.37. The van der Waals surface area contributed by atoms with Gasteiger partial charge in [-0.3, -0.25) is 0 Å². The summed E-state index contributed by atoms with van der Waals surface area (Å²) in [7, 11) is 0. The number of nitrogens with zero attached hydrogens (tertiary/aromatic N) is 2. The molecule has 0 fully saturated rings. The van der Waals surface area contributed by atoms with Gasteiger partial charge in [0.15, 0.2) is 5.96 Å². The Morgan fingerprint density at radius 1 is 1.27 bits per heavy atom. The fourth-order valence-electron chi connectivity index (χ4n) is 1.85. The van der Waals surface area contributed by atoms with Crippen LogP contribution in [0.1, 0.15) is 44.2 Å². The number of benzene rings is 1. The summed E-state index contributed by atoms with van der Waals surface area (Å²) in [4.78, 5) is 4.36. The molecule has 0 spiro atoms. The Bertz CT molecular complexity index is 511. The average Bonchev–Trinajstić information content (AvgIpc) is 2.50. The smallest absolute Gasteiger partial charge is 0.191 e. The number of nitrogens with one attached hydrogen (secondary N) is 2. The molecule has 0 aliphatic carbocycles. The topological polar surface area (TPSA) is 60.2 Å². The highest BCUT2D eigenvalue weighted by atomic mass is 127. The minimum absolute atomic E-state index is 0. The number of hydrogen-bond donors (Lipinski definition) is 2. The van der Waals surface area contributed by atoms with E-state index in [0.29, 0.717) is 17.1 Å². The van der Waals surface area contributed by atoms with Crippen LogP contribution in [0.5, 0.6) is 0 Å². The van der Waals surface area contributed by atoms with E-state index in [1.54, 1.807) is 6.07 Å². The normalized spacial score (nSPS) is 10.5. The molecule has 4 nitrogen and oxygen atoms in total. The SMILES string of the molecule is CCCCCNC(=NCc1cc(C#N)ccc1F)NCC.I. The fraction of sp³-hybridized carbons (Fsp3) is 0.500. The van der Waals surface area contributed by atoms with Crippen LogP contribution in [0, 0.1) is 17.1 Å². The largest absolute Gasteiger partial charge is 0.357 e. The lowest BCUT2D eigenvalue weighted by atomic mass is 10.1. The number of nitriles is 1. The van der Waals surface area contributed by atoms with Gasteiger partial charge in [-0.05, 0) is 31.5 Å². The minimum Gasteiger partial charge on any atom is -0.357 e. The predicted molar refractivity (Wildman–Crippen MR) is 98.9 cm³/mol. The molecule has 2 N–H and O–H groups in total. The van der Waals surface area contributed by atoms with Crippen LogP contribution >= 0.6 is 24.0 Å². The fourth-order valence-corrected chi connectivity index (χ4v) is 1.85. The van der Waals surface area contributed by atoms with Crippen molar-refractivity contribution >= 4 is 29.9 Å². The van der Waals surface area contributed by atoms with Crippen molar-refractivity contribution in [3.8, 4) is 6.07 Å². The number of halogens is 2. The van der Waals surface area contributed by atoms with Crippen LogP contribution in [-0.4, -0.2) is 19.0 Å². The summed E-state index contributed by atoms with van der Waals surface area (Å²) in [6, 6.07) is 6.33. The van der Waals surface area contributed by atoms with E-state index in [2.05, 4.69) is 22.5 Å². The van der Waals surface area contributed by atoms with Crippen molar-refractivity contribution in [3.63, 3.8) is 0 Å². The first kappa shape index (κ1) is 20.6. The lowest BCUT2D eigenvalue weighted by molar-refractivity contribution is 0.609. The van der Waals surface area contributed by atoms with E-state index >= 15 is 0 Å². The molecule has 0 atom stereocenters. The van der Waals surface area contributed by atoms with Crippen molar-refractivity contribution < 1.29 is 4.39 Å². The molecule has 0 unspecified atom stereocenters. The van der Waals surface area contributed by atoms with Gasteiger partial charge in [0.05, 0.1) is 18.2 Å². The van der Waals surface area contributed by atoms with Crippen LogP contribution in [0.2, 0.25) is 0 Å². The molecule has 0 heterocycles. The summed E-state index contributed by atoms with van der Waals surface area (Å²) in [5.74, 6) is 0.343. The summed E-state index contributed by atoms with van der Waals surface area (Å²) >= 11 is 0. The summed E-state index contributed by atoms with van der Waals surface area (Å²) in [5.41, 5.74) is 0.877. The van der Waals surface area contributed by atoms with Gasteiger partial charge in [-0.2, -0.15) is 5.26 Å². The molecule has 0 aliphatic rings. The van der Waals surface area contributed by atoms with E-state index in [1.165, 1.54) is 25.0 Å². The predicted octanol–water partition coefficient (Wildman–Crippen LogP) is 3.56. The molecule has 1 aromatic carbocycles. The van der Waals surface area contributed by atoms with Gasteiger partial charge in [0.25, 0.3) is 0 Å². The van der Waals surface area contributed by atoms with Gasteiger partial charge in [-0.15, -0.1) is 24.0 Å². The molecule has 0 radical (unpaired) electrons. The van der Waals surface area contributed by atoms with Crippen molar-refractivity contribution in [2.75, 3.05) is 13.1 Å². The van der Waals surface area contributed by atoms with Gasteiger partial charge in [0.2, 0.25) is 0 Å². The minimum atomic E-state index is -0.334. The first-order chi connectivity index (χ1) is 10.2. The van der Waals surface area contributed by atoms with Crippen molar-refractivity contribution in [2.45, 2.75) is 39.7 Å². The van der Waals surface area contributed by atoms with Gasteiger partial charge < -0.3 is 10.6 Å². The summed E-state index contributed by atoms with van der Waals surface area (Å²) in [5, 5.41) is 15.2. The Balaban J connectivity index is 0.00000441. The molecule has 1 rings (SSSR count). The molecular formula is C16H24FIN4. The molecule has 1 aromatic rings. The Morgan fingerprint density at radius 3 is 2.68 bits per heavy atom. The standard InChI is InChI=1S/C16H23FN4.HI/c1-3-5-6-9-20-16(19-4-2)21-12-14-10-13(11-18)7-8-15(14)17;/h7-8,10H,3-6,9,12H2,1-2H3,(H2,19,20,21);1H. The molecule has 0 saturated heterocycles. The molecule has 122 valence electrons. The highest BCUT2D eigenvalue weighted by molar-refractivity contribution is 14.0. The average molecular weight is 418 g/mol. The van der Waals surface area contributed by atoms with E-state index < -0.39 is 0 Å². The highest BCUT2D eigenvalue weighted by Crippen LogP contribution is 2.11. The molecule has 0 aromatic heterocycles. The van der Waals surface area contributed by atoms with E-state index in [9.17, 15) is 4.39 Å². The summed E-state index contributed by atoms with van der Waals surface area (Å²) in [6.45, 7) is 5.95. The number of hydrogen-bond acceptors (Lipinski definition) is 2. The van der Waals surface area contributed by atoms with Crippen LogP contribution in [0.3, 0.4) is 0 Å². The van der Waals surface area contributed by atoms with Crippen LogP contribution in [-0.2, 0) is 6.54 Å². The third-order valence-corrected chi connectivity index (χ3v) is 3.00. The molecular weight excluding hydrogens is 394 g/mol. The Morgan fingerprint density at radius 2 is 2.05 bits per heavy atom. The maximum Gasteiger partial charge on any atom is 0.191 e. The van der Waals surface area contributed by atoms with Crippen molar-refractivity contribution in [3.05, 3.63) is 35.1 Å². The zero-order valence-electron chi connectivity index (χ0n) is 13.2. The maximum atomic E-state index is 13.7. The molecule has 0 bridgehead atoms. The van der Waals surface area contributed by atoms with Crippen molar-refractivity contribution in [1.82, 2.24) is 10.6 Å². The third-order valence-electron chi connectivity index (χ3n) is 3.00. The summed E-state index contributed by atoms with van der Waals surface area (Å²) in [6.07, 6.45) is 3.42. The van der Waals surface area contributed by atoms with Gasteiger partial charge in [-0.25, -0.2) is 9.38 Å². The molecule has 0 amide bonds. The van der Waals surface area contributed by atoms with Gasteiger partial charge in [-0.1, -0.05) is 19.8 Å². The highest BCUT2D eigenvalue weighted by Gasteiger charge is 2.04. The van der Waals surface area contributed by atoms with Crippen molar-refractivity contribution in [1.29, 1.82) is 5.26 Å². The zero-order valence-corrected chi connectivity index (χ0v) is 15.5. The molecule has 22 heavy (non-hydrogen) atoms. The lowest BCUT2D eigenvalue weighted by Gasteiger charge is -2.11. The second-order valence-corrected chi connectivity index (χ2v) is 4.75. The molecule has 0 saturated carbocycles. The van der Waals surface area contributed by atoms with Gasteiger partial charge in [0, 0.05) is 18.7 Å². The Hall–Kier alpha value is -1.36. The van der Waals surface area contributed by atoms with Crippen LogP contribution in [0.25, 0.3) is 0 Å².